The molecule has 1 aromatic heterocycles. The molecule has 0 amide bonds. The molecule has 6 aromatic rings. The summed E-state index contributed by atoms with van der Waals surface area (Å²) >= 11 is 15.0. The lowest BCUT2D eigenvalue weighted by atomic mass is 10.1. The van der Waals surface area contributed by atoms with Gasteiger partial charge in [0, 0.05) is 43.4 Å². The zero-order valence-electron chi connectivity index (χ0n) is 28.5. The lowest BCUT2D eigenvalue weighted by Crippen LogP contribution is -2.15. The standard InChI is InChI=1S/C36H29FN10O3S5/c1-4-54-23-8-6-7-22(18-23)47(3)36-41-34(37)40-35(42-36)39-21-11-14-26(51)25(17-21)44-46-32-28(53)16-19-15-27(52)31(30(38)29(19)33(32)48)45-43-20-9-12-24(13-10-20)55(49,50)5-2/h4-18,48,51-53H,1-2,38H2,3H3,(H,39,40,41,42)/b45-43+,46-44+. The van der Waals surface area contributed by atoms with Crippen molar-refractivity contribution in [3.05, 3.63) is 109 Å². The Kier molecular flexibility index (Phi) is 11.8. The first-order chi connectivity index (χ1) is 26.3. The van der Waals surface area contributed by atoms with E-state index >= 15 is 0 Å². The highest BCUT2D eigenvalue weighted by atomic mass is 32.2. The van der Waals surface area contributed by atoms with Crippen LogP contribution in [0, 0.1) is 6.08 Å². The molecule has 0 aliphatic heterocycles. The first kappa shape index (κ1) is 39.2. The molecule has 0 saturated carbocycles. The van der Waals surface area contributed by atoms with Crippen molar-refractivity contribution in [3.8, 4) is 5.75 Å². The fourth-order valence-corrected chi connectivity index (χ4v) is 7.10. The maximum absolute atomic E-state index is 14.6. The van der Waals surface area contributed by atoms with E-state index in [0.29, 0.717) is 26.6 Å². The molecule has 13 nitrogen and oxygen atoms in total. The Labute approximate surface area is 335 Å². The van der Waals surface area contributed by atoms with Gasteiger partial charge in [-0.1, -0.05) is 31.0 Å². The van der Waals surface area contributed by atoms with Crippen LogP contribution >= 0.6 is 49.6 Å². The van der Waals surface area contributed by atoms with Crippen LogP contribution in [0.1, 0.15) is 0 Å². The second-order valence-electron chi connectivity index (χ2n) is 11.4. The van der Waals surface area contributed by atoms with E-state index in [4.69, 9.17) is 5.73 Å². The van der Waals surface area contributed by atoms with Gasteiger partial charge in [-0.25, -0.2) is 8.42 Å². The Morgan fingerprint density at radius 2 is 1.60 bits per heavy atom. The SMILES string of the molecule is C=CSc1cccc(N(C)c2nc(F)nc(Nc3ccc(S)c(/N=N/c4c(S)cc5cc(S)c(/N=N/c6ccc(S(=O)(=O)C=C)cc6)c(N)c5c4O)c3)n2)c1. The summed E-state index contributed by atoms with van der Waals surface area (Å²) in [6, 6.07) is 21.4. The van der Waals surface area contributed by atoms with Crippen LogP contribution in [0.15, 0.2) is 148 Å². The van der Waals surface area contributed by atoms with E-state index in [-0.39, 0.29) is 55.6 Å². The van der Waals surface area contributed by atoms with E-state index in [1.165, 1.54) is 36.0 Å². The van der Waals surface area contributed by atoms with E-state index < -0.39 is 15.9 Å². The number of aromatic hydroxyl groups is 1. The van der Waals surface area contributed by atoms with Crippen molar-refractivity contribution in [1.82, 2.24) is 15.0 Å². The molecule has 0 bridgehead atoms. The topological polar surface area (TPSA) is 184 Å². The number of nitrogens with zero attached hydrogens (tertiary/aromatic N) is 8. The molecule has 0 unspecified atom stereocenters. The van der Waals surface area contributed by atoms with Crippen LogP contribution in [-0.4, -0.2) is 35.5 Å². The highest BCUT2D eigenvalue weighted by Gasteiger charge is 2.19. The number of thioether (sulfide) groups is 1. The van der Waals surface area contributed by atoms with E-state index in [0.717, 1.165) is 16.0 Å². The molecule has 5 aromatic carbocycles. The number of phenolic OH excluding ortho intramolecular Hbond substituents is 1. The minimum atomic E-state index is -3.61. The number of nitrogens with one attached hydrogen (secondary N) is 1. The molecule has 6 rings (SSSR count). The molecule has 0 fully saturated rings. The number of fused-ring (bicyclic) bond motifs is 1. The van der Waals surface area contributed by atoms with Crippen LogP contribution in [0.5, 0.6) is 5.75 Å². The zero-order valence-corrected chi connectivity index (χ0v) is 32.8. The monoisotopic (exact) mass is 828 g/mol. The van der Waals surface area contributed by atoms with Gasteiger partial charge in [-0.2, -0.15) is 24.5 Å². The Balaban J connectivity index is 1.27. The second-order valence-corrected chi connectivity index (χ2v) is 15.7. The molecule has 1 heterocycles. The minimum absolute atomic E-state index is 0.00484. The summed E-state index contributed by atoms with van der Waals surface area (Å²) in [5, 5.41) is 34.7. The van der Waals surface area contributed by atoms with Gasteiger partial charge in [-0.05, 0) is 83.6 Å². The Morgan fingerprint density at radius 3 is 2.31 bits per heavy atom. The number of halogens is 1. The summed E-state index contributed by atoms with van der Waals surface area (Å²) in [6.45, 7) is 7.06. The molecule has 0 aliphatic carbocycles. The summed E-state index contributed by atoms with van der Waals surface area (Å²) in [6.07, 6.45) is -0.987. The fourth-order valence-electron chi connectivity index (χ4n) is 5.08. The van der Waals surface area contributed by atoms with Crippen LogP contribution in [0.4, 0.5) is 56.1 Å². The summed E-state index contributed by atoms with van der Waals surface area (Å²) < 4.78 is 38.7. The van der Waals surface area contributed by atoms with Crippen LogP contribution in [0.25, 0.3) is 10.8 Å². The summed E-state index contributed by atoms with van der Waals surface area (Å²) in [5.74, 6) is -0.317. The van der Waals surface area contributed by atoms with E-state index in [9.17, 15) is 17.9 Å². The van der Waals surface area contributed by atoms with Crippen LogP contribution in [0.2, 0.25) is 0 Å². The van der Waals surface area contributed by atoms with E-state index in [2.05, 4.69) is 91.8 Å². The Bertz CT molecular complexity index is 2660. The molecule has 19 heteroatoms. The van der Waals surface area contributed by atoms with Gasteiger partial charge in [0.15, 0.2) is 15.6 Å². The van der Waals surface area contributed by atoms with Gasteiger partial charge >= 0.3 is 6.08 Å². The third-order valence-electron chi connectivity index (χ3n) is 7.80. The molecule has 0 atom stereocenters. The molecule has 278 valence electrons. The number of phenols is 1. The number of aromatic nitrogens is 3. The lowest BCUT2D eigenvalue weighted by molar-refractivity contribution is 0.481. The average Bonchev–Trinajstić information content (AvgIpc) is 3.15. The lowest BCUT2D eigenvalue weighted by Gasteiger charge is -2.18. The van der Waals surface area contributed by atoms with Gasteiger partial charge in [0.1, 0.15) is 17.1 Å². The van der Waals surface area contributed by atoms with Crippen molar-refractivity contribution in [1.29, 1.82) is 0 Å². The number of rotatable bonds is 12. The molecular formula is C36H29FN10O3S5. The van der Waals surface area contributed by atoms with Crippen molar-refractivity contribution in [2.24, 2.45) is 20.5 Å². The van der Waals surface area contributed by atoms with Gasteiger partial charge in [-0.15, -0.1) is 53.2 Å². The normalized spacial score (nSPS) is 11.7. The number of hydrogen-bond acceptors (Lipinski definition) is 17. The van der Waals surface area contributed by atoms with Gasteiger partial charge in [0.25, 0.3) is 0 Å². The number of nitrogen functional groups attached to an aromatic ring is 1. The number of nitrogens with two attached hydrogens (primary N) is 1. The summed E-state index contributed by atoms with van der Waals surface area (Å²) in [5.41, 5.74) is 8.50. The second kappa shape index (κ2) is 16.5. The average molecular weight is 829 g/mol. The number of benzene rings is 5. The largest absolute Gasteiger partial charge is 0.505 e. The number of hydrogen-bond donors (Lipinski definition) is 6. The van der Waals surface area contributed by atoms with Gasteiger partial charge < -0.3 is 21.1 Å². The number of sulfone groups is 1. The van der Waals surface area contributed by atoms with Gasteiger partial charge in [-0.3, -0.25) is 0 Å². The number of azo groups is 2. The molecule has 0 spiro atoms. The van der Waals surface area contributed by atoms with Gasteiger partial charge in [0.2, 0.25) is 11.9 Å². The predicted molar refractivity (Wildman–Crippen MR) is 224 cm³/mol. The van der Waals surface area contributed by atoms with Crippen molar-refractivity contribution >= 4 is 122 Å². The third-order valence-corrected chi connectivity index (χ3v) is 10.9. The Hall–Kier alpha value is -5.47. The molecule has 4 N–H and O–H groups in total. The maximum Gasteiger partial charge on any atom is 0.315 e. The van der Waals surface area contributed by atoms with Crippen LogP contribution < -0.4 is 16.0 Å². The number of anilines is 5. The van der Waals surface area contributed by atoms with Crippen molar-refractivity contribution < 1.29 is 17.9 Å². The first-order valence-corrected chi connectivity index (χ1v) is 19.5. The van der Waals surface area contributed by atoms with Crippen molar-refractivity contribution in [2.45, 2.75) is 24.5 Å². The molecule has 55 heavy (non-hydrogen) atoms. The first-order valence-electron chi connectivity index (χ1n) is 15.7. The van der Waals surface area contributed by atoms with Gasteiger partial charge in [0.05, 0.1) is 21.7 Å². The summed E-state index contributed by atoms with van der Waals surface area (Å²) in [4.78, 5) is 15.8. The third kappa shape index (κ3) is 8.76. The van der Waals surface area contributed by atoms with Crippen LogP contribution in [0.3, 0.4) is 0 Å². The zero-order chi connectivity index (χ0) is 39.4. The maximum atomic E-state index is 14.6. The minimum Gasteiger partial charge on any atom is -0.505 e. The molecule has 0 aliphatic rings. The fraction of sp³-hybridized carbons (Fsp3) is 0.0278. The van der Waals surface area contributed by atoms with E-state index in [1.54, 1.807) is 47.7 Å². The van der Waals surface area contributed by atoms with E-state index in [1.807, 2.05) is 24.3 Å². The van der Waals surface area contributed by atoms with Crippen LogP contribution in [-0.2, 0) is 9.84 Å². The van der Waals surface area contributed by atoms with Crippen molar-refractivity contribution in [3.63, 3.8) is 0 Å². The molecule has 0 radical (unpaired) electrons. The smallest absolute Gasteiger partial charge is 0.315 e. The molecule has 0 saturated heterocycles. The summed E-state index contributed by atoms with van der Waals surface area (Å²) in [7, 11) is -1.90. The van der Waals surface area contributed by atoms with Crippen molar-refractivity contribution in [2.75, 3.05) is 23.0 Å². The number of thiol groups is 3. The molecular weight excluding hydrogens is 800 g/mol. The highest BCUT2D eigenvalue weighted by Crippen LogP contribution is 2.48. The predicted octanol–water partition coefficient (Wildman–Crippen LogP) is 10.8. The highest BCUT2D eigenvalue weighted by molar-refractivity contribution is 8.02. The Morgan fingerprint density at radius 1 is 0.891 bits per heavy atom. The quantitative estimate of drug-likeness (QED) is 0.0300.